The van der Waals surface area contributed by atoms with Crippen LogP contribution in [0.5, 0.6) is 0 Å². The van der Waals surface area contributed by atoms with Crippen LogP contribution in [0.15, 0.2) is 30.3 Å². The van der Waals surface area contributed by atoms with Gasteiger partial charge in [-0.15, -0.1) is 0 Å². The van der Waals surface area contributed by atoms with Gasteiger partial charge in [-0.2, -0.15) is 0 Å². The van der Waals surface area contributed by atoms with Crippen molar-refractivity contribution in [1.29, 1.82) is 0 Å². The summed E-state index contributed by atoms with van der Waals surface area (Å²) in [6, 6.07) is 11.1. The van der Waals surface area contributed by atoms with Gasteiger partial charge in [0, 0.05) is 6.54 Å². The van der Waals surface area contributed by atoms with E-state index in [1.54, 1.807) is 0 Å². The second-order valence-electron chi connectivity index (χ2n) is 6.31. The molecule has 0 heterocycles. The first kappa shape index (κ1) is 18.2. The SMILES string of the molecule is CCCCC(CC)CCC(CNCCC)c1ccccc1. The number of unbranched alkanes of at least 4 members (excludes halogenated alkanes) is 1. The molecule has 2 atom stereocenters. The van der Waals surface area contributed by atoms with Gasteiger partial charge in [0.1, 0.15) is 0 Å². The lowest BCUT2D eigenvalue weighted by atomic mass is 9.87. The molecule has 0 bridgehead atoms. The lowest BCUT2D eigenvalue weighted by molar-refractivity contribution is 0.386. The molecule has 1 nitrogen and oxygen atoms in total. The van der Waals surface area contributed by atoms with E-state index < -0.39 is 0 Å². The lowest BCUT2D eigenvalue weighted by Gasteiger charge is -2.21. The van der Waals surface area contributed by atoms with E-state index >= 15 is 0 Å². The van der Waals surface area contributed by atoms with Crippen molar-refractivity contribution in [3.63, 3.8) is 0 Å². The largest absolute Gasteiger partial charge is 0.316 e. The molecule has 1 aromatic carbocycles. The molecule has 1 heteroatoms. The first-order valence-electron chi connectivity index (χ1n) is 9.07. The number of hydrogen-bond donors (Lipinski definition) is 1. The maximum absolute atomic E-state index is 3.62. The van der Waals surface area contributed by atoms with E-state index in [4.69, 9.17) is 0 Å². The number of rotatable bonds is 12. The molecule has 2 unspecified atom stereocenters. The summed E-state index contributed by atoms with van der Waals surface area (Å²) in [6.07, 6.45) is 9.39. The Labute approximate surface area is 132 Å². The topological polar surface area (TPSA) is 12.0 Å². The van der Waals surface area contributed by atoms with Crippen LogP contribution in [0.4, 0.5) is 0 Å². The zero-order valence-corrected chi connectivity index (χ0v) is 14.4. The molecule has 1 N–H and O–H groups in total. The van der Waals surface area contributed by atoms with Gasteiger partial charge in [0.05, 0.1) is 0 Å². The predicted molar refractivity (Wildman–Crippen MR) is 94.9 cm³/mol. The molecule has 0 fully saturated rings. The van der Waals surface area contributed by atoms with Gasteiger partial charge in [0.2, 0.25) is 0 Å². The minimum Gasteiger partial charge on any atom is -0.316 e. The summed E-state index contributed by atoms with van der Waals surface area (Å²) in [5, 5.41) is 3.62. The molecular formula is C20H35N. The summed E-state index contributed by atoms with van der Waals surface area (Å²) in [4.78, 5) is 0. The third-order valence-electron chi connectivity index (χ3n) is 4.56. The second kappa shape index (κ2) is 11.8. The van der Waals surface area contributed by atoms with E-state index in [0.717, 1.165) is 19.0 Å². The Kier molecular flexibility index (Phi) is 10.2. The zero-order valence-electron chi connectivity index (χ0n) is 14.4. The summed E-state index contributed by atoms with van der Waals surface area (Å²) in [5.41, 5.74) is 1.51. The molecule has 0 amide bonds. The number of benzene rings is 1. The standard InChI is InChI=1S/C20H35N/c1-4-7-11-18(6-3)14-15-20(17-21-16-5-2)19-12-9-8-10-13-19/h8-10,12-13,18,20-21H,4-7,11,14-17H2,1-3H3. The molecule has 0 aromatic heterocycles. The molecule has 0 aliphatic carbocycles. The molecule has 0 saturated heterocycles. The molecule has 0 saturated carbocycles. The first-order valence-corrected chi connectivity index (χ1v) is 9.07. The van der Waals surface area contributed by atoms with Crippen LogP contribution in [-0.4, -0.2) is 13.1 Å². The highest BCUT2D eigenvalue weighted by atomic mass is 14.8. The van der Waals surface area contributed by atoms with Crippen LogP contribution in [0.25, 0.3) is 0 Å². The Morgan fingerprint density at radius 2 is 1.67 bits per heavy atom. The van der Waals surface area contributed by atoms with E-state index in [1.165, 1.54) is 50.5 Å². The molecule has 1 rings (SSSR count). The molecule has 0 aliphatic heterocycles. The van der Waals surface area contributed by atoms with Crippen molar-refractivity contribution in [2.75, 3.05) is 13.1 Å². The summed E-state index contributed by atoms with van der Waals surface area (Å²) in [5.74, 6) is 1.59. The van der Waals surface area contributed by atoms with Crippen LogP contribution < -0.4 is 5.32 Å². The molecule has 1 aromatic rings. The van der Waals surface area contributed by atoms with Crippen LogP contribution in [0.3, 0.4) is 0 Å². The average Bonchev–Trinajstić information content (AvgIpc) is 2.54. The van der Waals surface area contributed by atoms with Gasteiger partial charge in [0.25, 0.3) is 0 Å². The summed E-state index contributed by atoms with van der Waals surface area (Å²) >= 11 is 0. The van der Waals surface area contributed by atoms with Gasteiger partial charge in [-0.25, -0.2) is 0 Å². The Hall–Kier alpha value is -0.820. The van der Waals surface area contributed by atoms with Crippen molar-refractivity contribution in [2.45, 2.75) is 71.6 Å². The maximum Gasteiger partial charge on any atom is 0.00201 e. The predicted octanol–water partition coefficient (Wildman–Crippen LogP) is 5.77. The van der Waals surface area contributed by atoms with Crippen molar-refractivity contribution < 1.29 is 0 Å². The molecule has 0 radical (unpaired) electrons. The first-order chi connectivity index (χ1) is 10.3. The van der Waals surface area contributed by atoms with Crippen LogP contribution in [0, 0.1) is 5.92 Å². The molecule has 0 aliphatic rings. The quantitative estimate of drug-likeness (QED) is 0.482. The Balaban J connectivity index is 2.51. The fourth-order valence-electron chi connectivity index (χ4n) is 3.05. The molecule has 120 valence electrons. The Morgan fingerprint density at radius 3 is 2.29 bits per heavy atom. The normalized spacial score (nSPS) is 14.0. The number of nitrogens with one attached hydrogen (secondary N) is 1. The van der Waals surface area contributed by atoms with Crippen molar-refractivity contribution in [1.82, 2.24) is 5.32 Å². The lowest BCUT2D eigenvalue weighted by Crippen LogP contribution is -2.23. The van der Waals surface area contributed by atoms with Crippen LogP contribution in [0.2, 0.25) is 0 Å². The van der Waals surface area contributed by atoms with Gasteiger partial charge in [-0.1, -0.05) is 76.8 Å². The minimum atomic E-state index is 0.674. The third-order valence-corrected chi connectivity index (χ3v) is 4.56. The summed E-state index contributed by atoms with van der Waals surface area (Å²) in [6.45, 7) is 9.15. The van der Waals surface area contributed by atoms with Crippen LogP contribution in [0.1, 0.15) is 77.2 Å². The van der Waals surface area contributed by atoms with Gasteiger partial charge < -0.3 is 5.32 Å². The molecule has 0 spiro atoms. The third kappa shape index (κ3) is 7.66. The van der Waals surface area contributed by atoms with Crippen LogP contribution >= 0.6 is 0 Å². The second-order valence-corrected chi connectivity index (χ2v) is 6.31. The van der Waals surface area contributed by atoms with Gasteiger partial charge in [-0.05, 0) is 43.2 Å². The van der Waals surface area contributed by atoms with Crippen molar-refractivity contribution >= 4 is 0 Å². The summed E-state index contributed by atoms with van der Waals surface area (Å²) in [7, 11) is 0. The Bertz CT molecular complexity index is 333. The van der Waals surface area contributed by atoms with E-state index in [2.05, 4.69) is 56.4 Å². The maximum atomic E-state index is 3.62. The zero-order chi connectivity index (χ0) is 15.3. The van der Waals surface area contributed by atoms with Gasteiger partial charge in [-0.3, -0.25) is 0 Å². The number of hydrogen-bond acceptors (Lipinski definition) is 1. The summed E-state index contributed by atoms with van der Waals surface area (Å²) < 4.78 is 0. The average molecular weight is 290 g/mol. The van der Waals surface area contributed by atoms with E-state index in [1.807, 2.05) is 0 Å². The smallest absolute Gasteiger partial charge is 0.00201 e. The molecular weight excluding hydrogens is 254 g/mol. The van der Waals surface area contributed by atoms with E-state index in [-0.39, 0.29) is 0 Å². The highest BCUT2D eigenvalue weighted by Crippen LogP contribution is 2.26. The Morgan fingerprint density at radius 1 is 0.905 bits per heavy atom. The highest BCUT2D eigenvalue weighted by Gasteiger charge is 2.14. The molecule has 21 heavy (non-hydrogen) atoms. The van der Waals surface area contributed by atoms with E-state index in [0.29, 0.717) is 5.92 Å². The fraction of sp³-hybridized carbons (Fsp3) is 0.700. The van der Waals surface area contributed by atoms with Gasteiger partial charge >= 0.3 is 0 Å². The highest BCUT2D eigenvalue weighted by molar-refractivity contribution is 5.19. The van der Waals surface area contributed by atoms with Gasteiger partial charge in [0.15, 0.2) is 0 Å². The van der Waals surface area contributed by atoms with Crippen molar-refractivity contribution in [3.8, 4) is 0 Å². The van der Waals surface area contributed by atoms with Crippen molar-refractivity contribution in [3.05, 3.63) is 35.9 Å². The van der Waals surface area contributed by atoms with Crippen LogP contribution in [-0.2, 0) is 0 Å². The monoisotopic (exact) mass is 289 g/mol. The minimum absolute atomic E-state index is 0.674. The van der Waals surface area contributed by atoms with Crippen molar-refractivity contribution in [2.24, 2.45) is 5.92 Å². The van der Waals surface area contributed by atoms with E-state index in [9.17, 15) is 0 Å². The fourth-order valence-corrected chi connectivity index (χ4v) is 3.05.